The van der Waals surface area contributed by atoms with Gasteiger partial charge in [-0.1, -0.05) is 0 Å². The summed E-state index contributed by atoms with van der Waals surface area (Å²) in [5, 5.41) is 15.1. The van der Waals surface area contributed by atoms with Crippen LogP contribution in [0.4, 0.5) is 13.2 Å². The Morgan fingerprint density at radius 2 is 1.88 bits per heavy atom. The van der Waals surface area contributed by atoms with Crippen molar-refractivity contribution in [2.45, 2.75) is 38.3 Å². The Kier molecular flexibility index (Phi) is 4.47. The first-order valence-corrected chi connectivity index (χ1v) is 4.96. The molecule has 17 heavy (non-hydrogen) atoms. The minimum absolute atomic E-state index is 0.0174. The molecule has 0 aliphatic heterocycles. The molecule has 1 aromatic rings. The molecule has 0 saturated carbocycles. The number of aromatic nitrogens is 2. The lowest BCUT2D eigenvalue weighted by Gasteiger charge is -2.00. The van der Waals surface area contributed by atoms with Gasteiger partial charge in [0.05, 0.1) is 0 Å². The van der Waals surface area contributed by atoms with Crippen LogP contribution in [0.3, 0.4) is 0 Å². The van der Waals surface area contributed by atoms with Crippen LogP contribution in [0, 0.1) is 0 Å². The number of aliphatic carboxylic acids is 1. The molecule has 1 heterocycles. The van der Waals surface area contributed by atoms with Crippen molar-refractivity contribution >= 4 is 5.97 Å². The Hall–Kier alpha value is -1.60. The van der Waals surface area contributed by atoms with Crippen LogP contribution in [0.25, 0.3) is 0 Å². The fraction of sp³-hybridized carbons (Fsp3) is 0.667. The van der Waals surface area contributed by atoms with E-state index in [9.17, 15) is 18.0 Å². The van der Waals surface area contributed by atoms with E-state index in [1.54, 1.807) is 0 Å². The van der Waals surface area contributed by atoms with Crippen LogP contribution < -0.4 is 0 Å². The zero-order chi connectivity index (χ0) is 12.9. The van der Waals surface area contributed by atoms with Crippen molar-refractivity contribution in [1.82, 2.24) is 10.2 Å². The molecule has 0 aliphatic carbocycles. The zero-order valence-electron chi connectivity index (χ0n) is 8.83. The highest BCUT2D eigenvalue weighted by atomic mass is 19.4. The quantitative estimate of drug-likeness (QED) is 0.783. The molecular weight excluding hydrogens is 241 g/mol. The molecule has 1 N–H and O–H groups in total. The maximum absolute atomic E-state index is 12.0. The molecule has 0 bridgehead atoms. The number of carboxylic acid groups (broad SMARTS) is 1. The molecule has 8 heteroatoms. The predicted molar refractivity (Wildman–Crippen MR) is 49.2 cm³/mol. The van der Waals surface area contributed by atoms with Crippen molar-refractivity contribution in [2.24, 2.45) is 0 Å². The largest absolute Gasteiger partial charge is 0.481 e. The number of carbonyl (C=O) groups is 1. The highest BCUT2D eigenvalue weighted by Crippen LogP contribution is 2.20. The van der Waals surface area contributed by atoms with Crippen molar-refractivity contribution < 1.29 is 27.5 Å². The molecule has 0 unspecified atom stereocenters. The SMILES string of the molecule is O=C(O)CCCCc1nnc(CC(F)(F)F)o1. The van der Waals surface area contributed by atoms with E-state index >= 15 is 0 Å². The van der Waals surface area contributed by atoms with Gasteiger partial charge in [0.15, 0.2) is 0 Å². The number of rotatable bonds is 6. The maximum Gasteiger partial charge on any atom is 0.397 e. The van der Waals surface area contributed by atoms with Crippen LogP contribution in [-0.4, -0.2) is 27.4 Å². The van der Waals surface area contributed by atoms with Crippen LogP contribution in [0.5, 0.6) is 0 Å². The Bertz CT molecular complexity index is 376. The fourth-order valence-corrected chi connectivity index (χ4v) is 1.18. The lowest BCUT2D eigenvalue weighted by Crippen LogP contribution is -2.11. The Labute approximate surface area is 94.6 Å². The number of hydrogen-bond donors (Lipinski definition) is 1. The average Bonchev–Trinajstić information content (AvgIpc) is 2.57. The van der Waals surface area contributed by atoms with E-state index in [1.807, 2.05) is 0 Å². The van der Waals surface area contributed by atoms with E-state index < -0.39 is 24.5 Å². The fourth-order valence-electron chi connectivity index (χ4n) is 1.18. The summed E-state index contributed by atoms with van der Waals surface area (Å²) in [5.74, 6) is -1.27. The number of alkyl halides is 3. The second-order valence-electron chi connectivity index (χ2n) is 3.48. The van der Waals surface area contributed by atoms with Crippen LogP contribution in [0.15, 0.2) is 4.42 Å². The van der Waals surface area contributed by atoms with Gasteiger partial charge in [-0.3, -0.25) is 4.79 Å². The molecule has 0 spiro atoms. The summed E-state index contributed by atoms with van der Waals surface area (Å²) >= 11 is 0. The number of unbranched alkanes of at least 4 members (excludes halogenated alkanes) is 1. The third kappa shape index (κ3) is 5.88. The molecule has 1 rings (SSSR count). The first-order chi connectivity index (χ1) is 7.87. The summed E-state index contributed by atoms with van der Waals surface area (Å²) in [6, 6.07) is 0. The van der Waals surface area contributed by atoms with Crippen molar-refractivity contribution in [1.29, 1.82) is 0 Å². The lowest BCUT2D eigenvalue weighted by molar-refractivity contribution is -0.137. The number of hydrogen-bond acceptors (Lipinski definition) is 4. The smallest absolute Gasteiger partial charge is 0.397 e. The van der Waals surface area contributed by atoms with E-state index in [2.05, 4.69) is 10.2 Å². The summed E-state index contributed by atoms with van der Waals surface area (Å²) in [4.78, 5) is 10.2. The van der Waals surface area contributed by atoms with Gasteiger partial charge in [-0.15, -0.1) is 10.2 Å². The maximum atomic E-state index is 12.0. The first-order valence-electron chi connectivity index (χ1n) is 4.96. The Morgan fingerprint density at radius 1 is 1.24 bits per heavy atom. The van der Waals surface area contributed by atoms with Gasteiger partial charge in [-0.05, 0) is 12.8 Å². The van der Waals surface area contributed by atoms with Gasteiger partial charge in [0.2, 0.25) is 11.8 Å². The lowest BCUT2D eigenvalue weighted by atomic mass is 10.2. The monoisotopic (exact) mass is 252 g/mol. The van der Waals surface area contributed by atoms with Gasteiger partial charge in [0, 0.05) is 12.8 Å². The van der Waals surface area contributed by atoms with Gasteiger partial charge in [-0.2, -0.15) is 13.2 Å². The van der Waals surface area contributed by atoms with Crippen molar-refractivity contribution in [3.63, 3.8) is 0 Å². The van der Waals surface area contributed by atoms with Crippen molar-refractivity contribution in [3.8, 4) is 0 Å². The molecule has 0 aliphatic rings. The number of halogens is 3. The third-order valence-corrected chi connectivity index (χ3v) is 1.89. The molecule has 0 atom stereocenters. The standard InChI is InChI=1S/C9H11F3N2O3/c10-9(11,12)5-7-14-13-6(17-7)3-1-2-4-8(15)16/h1-5H2,(H,15,16). The van der Waals surface area contributed by atoms with E-state index in [0.29, 0.717) is 12.8 Å². The molecule has 0 amide bonds. The second kappa shape index (κ2) is 5.65. The number of nitrogens with zero attached hydrogens (tertiary/aromatic N) is 2. The van der Waals surface area contributed by atoms with E-state index in [4.69, 9.17) is 9.52 Å². The number of carboxylic acids is 1. The Morgan fingerprint density at radius 3 is 2.47 bits per heavy atom. The van der Waals surface area contributed by atoms with Gasteiger partial charge >= 0.3 is 12.1 Å². The molecule has 0 radical (unpaired) electrons. The van der Waals surface area contributed by atoms with Gasteiger partial charge < -0.3 is 9.52 Å². The summed E-state index contributed by atoms with van der Waals surface area (Å²) in [7, 11) is 0. The molecule has 1 aromatic heterocycles. The molecule has 0 saturated heterocycles. The number of aryl methyl sites for hydroxylation is 1. The van der Waals surface area contributed by atoms with E-state index in [1.165, 1.54) is 0 Å². The minimum atomic E-state index is -4.37. The second-order valence-corrected chi connectivity index (χ2v) is 3.48. The zero-order valence-corrected chi connectivity index (χ0v) is 8.83. The molecular formula is C9H11F3N2O3. The summed E-state index contributed by atoms with van der Waals surface area (Å²) < 4.78 is 40.6. The van der Waals surface area contributed by atoms with Crippen LogP contribution in [0.2, 0.25) is 0 Å². The van der Waals surface area contributed by atoms with Crippen molar-refractivity contribution in [2.75, 3.05) is 0 Å². The Balaban J connectivity index is 2.33. The normalized spacial score (nSPS) is 11.7. The van der Waals surface area contributed by atoms with Gasteiger partial charge in [0.25, 0.3) is 0 Å². The van der Waals surface area contributed by atoms with Crippen LogP contribution >= 0.6 is 0 Å². The summed E-state index contributed by atoms with van der Waals surface area (Å²) in [5.41, 5.74) is 0. The minimum Gasteiger partial charge on any atom is -0.481 e. The molecule has 0 aromatic carbocycles. The van der Waals surface area contributed by atoms with Crippen LogP contribution in [-0.2, 0) is 17.6 Å². The molecule has 0 fully saturated rings. The molecule has 96 valence electrons. The van der Waals surface area contributed by atoms with E-state index in [-0.39, 0.29) is 18.7 Å². The topological polar surface area (TPSA) is 76.2 Å². The summed E-state index contributed by atoms with van der Waals surface area (Å²) in [6.45, 7) is 0. The van der Waals surface area contributed by atoms with Crippen LogP contribution in [0.1, 0.15) is 31.0 Å². The highest BCUT2D eigenvalue weighted by Gasteiger charge is 2.30. The summed E-state index contributed by atoms with van der Waals surface area (Å²) in [6.07, 6.45) is -4.39. The van der Waals surface area contributed by atoms with Gasteiger partial charge in [-0.25, -0.2) is 0 Å². The first kappa shape index (κ1) is 13.5. The highest BCUT2D eigenvalue weighted by molar-refractivity contribution is 5.66. The third-order valence-electron chi connectivity index (χ3n) is 1.89. The van der Waals surface area contributed by atoms with E-state index in [0.717, 1.165) is 0 Å². The van der Waals surface area contributed by atoms with Crippen molar-refractivity contribution in [3.05, 3.63) is 11.8 Å². The van der Waals surface area contributed by atoms with Gasteiger partial charge in [0.1, 0.15) is 6.42 Å². The average molecular weight is 252 g/mol. The molecule has 5 nitrogen and oxygen atoms in total. The predicted octanol–water partition coefficient (Wildman–Crippen LogP) is 1.97.